The number of hydrogen-bond donors (Lipinski definition) is 1. The first-order chi connectivity index (χ1) is 7.74. The van der Waals surface area contributed by atoms with E-state index in [1.165, 1.54) is 14.7 Å². The summed E-state index contributed by atoms with van der Waals surface area (Å²) in [4.78, 5) is 4.01. The van der Waals surface area contributed by atoms with Crippen LogP contribution in [-0.2, 0) is 6.42 Å². The maximum Gasteiger partial charge on any atom is 0.319 e. The van der Waals surface area contributed by atoms with E-state index >= 15 is 0 Å². The molecule has 1 aromatic heterocycles. The number of rotatable bonds is 1. The fourth-order valence-corrected chi connectivity index (χ4v) is 2.50. The summed E-state index contributed by atoms with van der Waals surface area (Å²) < 4.78 is 6.03. The molecule has 3 rings (SSSR count). The molecule has 0 saturated carbocycles. The van der Waals surface area contributed by atoms with Crippen LogP contribution in [0.1, 0.15) is 11.1 Å². The third-order valence-corrected chi connectivity index (χ3v) is 3.59. The van der Waals surface area contributed by atoms with Crippen LogP contribution < -0.4 is 5.73 Å². The third-order valence-electron chi connectivity index (χ3n) is 2.57. The van der Waals surface area contributed by atoms with Crippen molar-refractivity contribution in [3.63, 3.8) is 0 Å². The lowest BCUT2D eigenvalue weighted by molar-refractivity contribution is 0.437. The summed E-state index contributed by atoms with van der Waals surface area (Å²) in [6.45, 7) is 0. The van der Waals surface area contributed by atoms with Crippen molar-refractivity contribution in [1.29, 1.82) is 0 Å². The standard InChI is InChI=1S/C11H8IN3O/c12-9-4-3-6-1-2-7(5-8(6)9)10-14-11(13)16-15-10/h1-2,4-5H,3H2,(H2,13,14,15). The van der Waals surface area contributed by atoms with E-state index in [2.05, 4.69) is 50.9 Å². The van der Waals surface area contributed by atoms with Gasteiger partial charge in [0, 0.05) is 9.14 Å². The molecule has 5 heteroatoms. The molecule has 0 fully saturated rings. The van der Waals surface area contributed by atoms with Crippen molar-refractivity contribution >= 4 is 32.2 Å². The number of fused-ring (bicyclic) bond motifs is 1. The van der Waals surface area contributed by atoms with Crippen LogP contribution in [0.4, 0.5) is 6.01 Å². The van der Waals surface area contributed by atoms with Crippen molar-refractivity contribution in [3.8, 4) is 11.4 Å². The molecule has 0 aliphatic heterocycles. The number of aromatic nitrogens is 2. The van der Waals surface area contributed by atoms with Crippen LogP contribution >= 0.6 is 22.6 Å². The van der Waals surface area contributed by atoms with Gasteiger partial charge in [0.1, 0.15) is 0 Å². The van der Waals surface area contributed by atoms with Crippen LogP contribution in [0.5, 0.6) is 0 Å². The molecule has 0 amide bonds. The minimum absolute atomic E-state index is 0.0979. The molecule has 0 saturated heterocycles. The second-order valence-electron chi connectivity index (χ2n) is 3.58. The van der Waals surface area contributed by atoms with E-state index in [0.29, 0.717) is 5.82 Å². The molecule has 1 aromatic carbocycles. The van der Waals surface area contributed by atoms with Gasteiger partial charge in [-0.15, -0.1) is 0 Å². The van der Waals surface area contributed by atoms with Crippen molar-refractivity contribution in [3.05, 3.63) is 35.4 Å². The Morgan fingerprint density at radius 3 is 3.00 bits per heavy atom. The van der Waals surface area contributed by atoms with Crippen molar-refractivity contribution < 1.29 is 4.52 Å². The number of anilines is 1. The number of nitrogens with zero attached hydrogens (tertiary/aromatic N) is 2. The fourth-order valence-electron chi connectivity index (χ4n) is 1.78. The molecule has 2 aromatic rings. The lowest BCUT2D eigenvalue weighted by atomic mass is 10.1. The summed E-state index contributed by atoms with van der Waals surface area (Å²) in [5.74, 6) is 0.538. The van der Waals surface area contributed by atoms with Crippen LogP contribution in [0.25, 0.3) is 15.0 Å². The smallest absolute Gasteiger partial charge is 0.319 e. The minimum atomic E-state index is 0.0979. The summed E-state index contributed by atoms with van der Waals surface area (Å²) in [5, 5.41) is 3.80. The largest absolute Gasteiger partial charge is 0.351 e. The third kappa shape index (κ3) is 1.51. The Morgan fingerprint density at radius 2 is 2.25 bits per heavy atom. The van der Waals surface area contributed by atoms with Gasteiger partial charge in [-0.1, -0.05) is 23.4 Å². The lowest BCUT2D eigenvalue weighted by Gasteiger charge is -2.02. The first-order valence-electron chi connectivity index (χ1n) is 4.82. The Kier molecular flexibility index (Phi) is 2.20. The Labute approximate surface area is 106 Å². The zero-order chi connectivity index (χ0) is 11.1. The molecule has 0 radical (unpaired) electrons. The molecule has 0 atom stereocenters. The zero-order valence-corrected chi connectivity index (χ0v) is 10.4. The average Bonchev–Trinajstić information content (AvgIpc) is 2.86. The Morgan fingerprint density at radius 1 is 1.38 bits per heavy atom. The second kappa shape index (κ2) is 3.58. The van der Waals surface area contributed by atoms with Crippen molar-refractivity contribution in [2.45, 2.75) is 6.42 Å². The van der Waals surface area contributed by atoms with Gasteiger partial charge in [0.2, 0.25) is 5.82 Å². The van der Waals surface area contributed by atoms with E-state index in [-0.39, 0.29) is 6.01 Å². The van der Waals surface area contributed by atoms with Crippen LogP contribution in [0, 0.1) is 0 Å². The summed E-state index contributed by atoms with van der Waals surface area (Å²) in [6, 6.07) is 6.26. The van der Waals surface area contributed by atoms with E-state index in [1.807, 2.05) is 6.07 Å². The van der Waals surface area contributed by atoms with Gasteiger partial charge >= 0.3 is 6.01 Å². The molecule has 0 unspecified atom stereocenters. The molecule has 1 heterocycles. The maximum atomic E-state index is 5.40. The summed E-state index contributed by atoms with van der Waals surface area (Å²) in [5.41, 5.74) is 8.93. The van der Waals surface area contributed by atoms with Gasteiger partial charge in [-0.05, 0) is 46.2 Å². The number of halogens is 1. The molecule has 0 spiro atoms. The molecule has 16 heavy (non-hydrogen) atoms. The highest BCUT2D eigenvalue weighted by molar-refractivity contribution is 14.1. The number of allylic oxidation sites excluding steroid dienone is 1. The van der Waals surface area contributed by atoms with E-state index in [9.17, 15) is 0 Å². The quantitative estimate of drug-likeness (QED) is 0.819. The van der Waals surface area contributed by atoms with Crippen LogP contribution in [-0.4, -0.2) is 10.1 Å². The monoisotopic (exact) mass is 325 g/mol. The van der Waals surface area contributed by atoms with Gasteiger partial charge in [-0.3, -0.25) is 0 Å². The van der Waals surface area contributed by atoms with Gasteiger partial charge in [-0.25, -0.2) is 0 Å². The SMILES string of the molecule is Nc1nc(-c2ccc3c(c2)C(I)=CC3)no1. The van der Waals surface area contributed by atoms with Crippen LogP contribution in [0.15, 0.2) is 28.8 Å². The zero-order valence-electron chi connectivity index (χ0n) is 8.27. The second-order valence-corrected chi connectivity index (χ2v) is 4.75. The van der Waals surface area contributed by atoms with E-state index in [1.54, 1.807) is 0 Å². The molecule has 1 aliphatic rings. The Hall–Kier alpha value is -1.37. The highest BCUT2D eigenvalue weighted by Gasteiger charge is 2.14. The number of hydrogen-bond acceptors (Lipinski definition) is 4. The normalized spacial score (nSPS) is 13.7. The Bertz CT molecular complexity index is 589. The van der Waals surface area contributed by atoms with E-state index < -0.39 is 0 Å². The number of nitrogens with two attached hydrogens (primary N) is 1. The predicted molar refractivity (Wildman–Crippen MR) is 69.8 cm³/mol. The van der Waals surface area contributed by atoms with Gasteiger partial charge in [0.05, 0.1) is 0 Å². The van der Waals surface area contributed by atoms with E-state index in [4.69, 9.17) is 10.3 Å². The Balaban J connectivity index is 2.10. The molecule has 1 aliphatic carbocycles. The highest BCUT2D eigenvalue weighted by atomic mass is 127. The summed E-state index contributed by atoms with van der Waals surface area (Å²) in [7, 11) is 0. The molecule has 80 valence electrons. The predicted octanol–water partition coefficient (Wildman–Crippen LogP) is 2.65. The molecule has 2 N–H and O–H groups in total. The molecular weight excluding hydrogens is 317 g/mol. The van der Waals surface area contributed by atoms with Gasteiger partial charge in [0.25, 0.3) is 0 Å². The molecular formula is C11H8IN3O. The van der Waals surface area contributed by atoms with Gasteiger partial charge in [0.15, 0.2) is 0 Å². The lowest BCUT2D eigenvalue weighted by Crippen LogP contribution is -1.87. The van der Waals surface area contributed by atoms with Crippen LogP contribution in [0.2, 0.25) is 0 Å². The first kappa shape index (κ1) is 9.83. The summed E-state index contributed by atoms with van der Waals surface area (Å²) >= 11 is 2.34. The highest BCUT2D eigenvalue weighted by Crippen LogP contribution is 2.34. The topological polar surface area (TPSA) is 64.9 Å². The minimum Gasteiger partial charge on any atom is -0.351 e. The first-order valence-corrected chi connectivity index (χ1v) is 5.90. The summed E-state index contributed by atoms with van der Waals surface area (Å²) in [6.07, 6.45) is 3.21. The average molecular weight is 325 g/mol. The van der Waals surface area contributed by atoms with Crippen LogP contribution in [0.3, 0.4) is 0 Å². The van der Waals surface area contributed by atoms with E-state index in [0.717, 1.165) is 12.0 Å². The van der Waals surface area contributed by atoms with Gasteiger partial charge in [-0.2, -0.15) is 4.98 Å². The van der Waals surface area contributed by atoms with Gasteiger partial charge < -0.3 is 10.3 Å². The maximum absolute atomic E-state index is 5.40. The number of benzene rings is 1. The fraction of sp³-hybridized carbons (Fsp3) is 0.0909. The molecule has 4 nitrogen and oxygen atoms in total. The number of nitrogen functional groups attached to an aromatic ring is 1. The van der Waals surface area contributed by atoms with Crippen molar-refractivity contribution in [2.75, 3.05) is 5.73 Å². The molecule has 0 bridgehead atoms. The van der Waals surface area contributed by atoms with Crippen molar-refractivity contribution in [2.24, 2.45) is 0 Å². The van der Waals surface area contributed by atoms with Crippen molar-refractivity contribution in [1.82, 2.24) is 10.1 Å².